The van der Waals surface area contributed by atoms with Crippen LogP contribution in [-0.2, 0) is 26.9 Å². The first-order chi connectivity index (χ1) is 12.1. The van der Waals surface area contributed by atoms with Crippen molar-refractivity contribution in [1.29, 1.82) is 0 Å². The number of hydrogen-bond donors (Lipinski definition) is 0. The quantitative estimate of drug-likeness (QED) is 0.741. The van der Waals surface area contributed by atoms with Crippen LogP contribution in [0.15, 0.2) is 34.1 Å². The van der Waals surface area contributed by atoms with E-state index < -0.39 is 25.1 Å². The summed E-state index contributed by atoms with van der Waals surface area (Å²) in [5.74, 6) is 0.560. The lowest BCUT2D eigenvalue weighted by molar-refractivity contribution is 0.309. The Morgan fingerprint density at radius 1 is 1.08 bits per heavy atom. The summed E-state index contributed by atoms with van der Waals surface area (Å²) in [6.07, 6.45) is 0. The normalized spacial score (nSPS) is 16.5. The Morgan fingerprint density at radius 2 is 1.65 bits per heavy atom. The fraction of sp³-hybridized carbons (Fsp3) is 0.438. The summed E-state index contributed by atoms with van der Waals surface area (Å²) < 4.78 is 58.7. The van der Waals surface area contributed by atoms with E-state index in [2.05, 4.69) is 5.10 Å². The molecule has 0 saturated carbocycles. The summed E-state index contributed by atoms with van der Waals surface area (Å²) in [4.78, 5) is 0.314. The van der Waals surface area contributed by atoms with Crippen LogP contribution in [-0.4, -0.2) is 56.4 Å². The van der Waals surface area contributed by atoms with Gasteiger partial charge in [0.05, 0.1) is 28.6 Å². The topological polar surface area (TPSA) is 98.6 Å². The zero-order chi connectivity index (χ0) is 19.3. The average molecular weight is 399 g/mol. The molecule has 0 bridgehead atoms. The lowest BCUT2D eigenvalue weighted by Gasteiger charge is -2.37. The first-order valence-electron chi connectivity index (χ1n) is 7.97. The molecule has 0 spiro atoms. The van der Waals surface area contributed by atoms with Crippen molar-refractivity contribution in [3.63, 3.8) is 0 Å². The number of aryl methyl sites for hydroxylation is 2. The van der Waals surface area contributed by atoms with E-state index in [1.165, 1.54) is 28.2 Å². The molecule has 2 heterocycles. The SMILES string of the molecule is COc1ccc(S(=O)(=O)C2CN(S(=O)(=O)c3c(C)nn(C)c3C)C2)cc1. The van der Waals surface area contributed by atoms with Crippen molar-refractivity contribution in [1.82, 2.24) is 14.1 Å². The number of rotatable bonds is 5. The van der Waals surface area contributed by atoms with Gasteiger partial charge < -0.3 is 4.74 Å². The van der Waals surface area contributed by atoms with Gasteiger partial charge in [0, 0.05) is 20.1 Å². The lowest BCUT2D eigenvalue weighted by atomic mass is 10.3. The molecule has 0 aliphatic carbocycles. The molecule has 0 unspecified atom stereocenters. The van der Waals surface area contributed by atoms with Gasteiger partial charge in [0.15, 0.2) is 9.84 Å². The van der Waals surface area contributed by atoms with Crippen LogP contribution in [0, 0.1) is 13.8 Å². The fourth-order valence-electron chi connectivity index (χ4n) is 3.01. The van der Waals surface area contributed by atoms with Crippen LogP contribution in [0.4, 0.5) is 0 Å². The summed E-state index contributed by atoms with van der Waals surface area (Å²) >= 11 is 0. The Labute approximate surface area is 153 Å². The number of aromatic nitrogens is 2. The molecule has 1 aliphatic rings. The highest BCUT2D eigenvalue weighted by Gasteiger charge is 2.45. The first-order valence-corrected chi connectivity index (χ1v) is 11.0. The molecule has 1 aromatic carbocycles. The molecule has 1 fully saturated rings. The van der Waals surface area contributed by atoms with Crippen molar-refractivity contribution in [2.24, 2.45) is 7.05 Å². The molecule has 1 saturated heterocycles. The van der Waals surface area contributed by atoms with E-state index >= 15 is 0 Å². The minimum atomic E-state index is -3.76. The van der Waals surface area contributed by atoms with Gasteiger partial charge in [0.25, 0.3) is 0 Å². The van der Waals surface area contributed by atoms with Gasteiger partial charge in [-0.05, 0) is 38.1 Å². The number of hydrogen-bond acceptors (Lipinski definition) is 6. The van der Waals surface area contributed by atoms with Crippen molar-refractivity contribution in [3.8, 4) is 5.75 Å². The number of ether oxygens (including phenoxy) is 1. The molecule has 3 rings (SSSR count). The van der Waals surface area contributed by atoms with Crippen molar-refractivity contribution >= 4 is 19.9 Å². The number of sulfone groups is 1. The highest BCUT2D eigenvalue weighted by Crippen LogP contribution is 2.31. The Balaban J connectivity index is 1.81. The monoisotopic (exact) mass is 399 g/mol. The molecule has 0 atom stereocenters. The van der Waals surface area contributed by atoms with Crippen molar-refractivity contribution in [2.75, 3.05) is 20.2 Å². The van der Waals surface area contributed by atoms with E-state index in [1.54, 1.807) is 33.0 Å². The molecule has 10 heteroatoms. The Kier molecular flexibility index (Phi) is 4.62. The number of methoxy groups -OCH3 is 1. The maximum atomic E-state index is 12.8. The molecule has 26 heavy (non-hydrogen) atoms. The molecule has 0 radical (unpaired) electrons. The Hall–Kier alpha value is -1.91. The van der Waals surface area contributed by atoms with Crippen molar-refractivity contribution in [2.45, 2.75) is 28.9 Å². The maximum Gasteiger partial charge on any atom is 0.246 e. The third kappa shape index (κ3) is 2.91. The molecule has 0 amide bonds. The zero-order valence-electron chi connectivity index (χ0n) is 15.0. The number of nitrogens with zero attached hydrogens (tertiary/aromatic N) is 3. The van der Waals surface area contributed by atoms with E-state index in [0.717, 1.165) is 0 Å². The van der Waals surface area contributed by atoms with Crippen molar-refractivity contribution in [3.05, 3.63) is 35.7 Å². The highest BCUT2D eigenvalue weighted by atomic mass is 32.2. The molecular weight excluding hydrogens is 378 g/mol. The second-order valence-corrected chi connectivity index (χ2v) is 10.4. The van der Waals surface area contributed by atoms with Crippen LogP contribution < -0.4 is 4.74 Å². The van der Waals surface area contributed by atoms with Gasteiger partial charge in [0.2, 0.25) is 10.0 Å². The minimum Gasteiger partial charge on any atom is -0.497 e. The largest absolute Gasteiger partial charge is 0.497 e. The smallest absolute Gasteiger partial charge is 0.246 e. The van der Waals surface area contributed by atoms with Crippen LogP contribution in [0.1, 0.15) is 11.4 Å². The van der Waals surface area contributed by atoms with Crippen LogP contribution in [0.5, 0.6) is 5.75 Å². The van der Waals surface area contributed by atoms with E-state index in [1.807, 2.05) is 0 Å². The molecule has 0 N–H and O–H groups in total. The molecule has 142 valence electrons. The van der Waals surface area contributed by atoms with Gasteiger partial charge in [0.1, 0.15) is 10.6 Å². The third-order valence-electron chi connectivity index (χ3n) is 4.68. The van der Waals surface area contributed by atoms with Crippen LogP contribution in [0.2, 0.25) is 0 Å². The fourth-order valence-corrected chi connectivity index (χ4v) is 6.78. The average Bonchev–Trinajstić information content (AvgIpc) is 2.78. The minimum absolute atomic E-state index is 0.0650. The summed E-state index contributed by atoms with van der Waals surface area (Å²) in [7, 11) is -4.19. The summed E-state index contributed by atoms with van der Waals surface area (Å²) in [6, 6.07) is 6.09. The number of benzene rings is 1. The van der Waals surface area contributed by atoms with Gasteiger partial charge in [-0.3, -0.25) is 4.68 Å². The van der Waals surface area contributed by atoms with Crippen LogP contribution >= 0.6 is 0 Å². The van der Waals surface area contributed by atoms with Gasteiger partial charge in [-0.2, -0.15) is 9.40 Å². The highest BCUT2D eigenvalue weighted by molar-refractivity contribution is 7.92. The Morgan fingerprint density at radius 3 is 2.12 bits per heavy atom. The predicted molar refractivity (Wildman–Crippen MR) is 95.4 cm³/mol. The third-order valence-corrected chi connectivity index (χ3v) is 8.87. The van der Waals surface area contributed by atoms with E-state index in [0.29, 0.717) is 17.1 Å². The molecule has 1 aromatic heterocycles. The maximum absolute atomic E-state index is 12.8. The zero-order valence-corrected chi connectivity index (χ0v) is 16.6. The molecule has 1 aliphatic heterocycles. The second kappa shape index (κ2) is 6.36. The summed E-state index contributed by atoms with van der Waals surface area (Å²) in [5, 5.41) is 3.37. The molecule has 8 nitrogen and oxygen atoms in total. The van der Waals surface area contributed by atoms with Gasteiger partial charge >= 0.3 is 0 Å². The molecular formula is C16H21N3O5S2. The standard InChI is InChI=1S/C16H21N3O5S2/c1-11-16(12(2)18(3)17-11)26(22,23)19-9-15(10-19)25(20,21)14-7-5-13(24-4)6-8-14/h5-8,15H,9-10H2,1-4H3. The van der Waals surface area contributed by atoms with E-state index in [-0.39, 0.29) is 22.9 Å². The predicted octanol–water partition coefficient (Wildman–Crippen LogP) is 0.892. The second-order valence-electron chi connectivity index (χ2n) is 6.29. The summed E-state index contributed by atoms with van der Waals surface area (Å²) in [6.45, 7) is 3.18. The number of sulfonamides is 1. The summed E-state index contributed by atoms with van der Waals surface area (Å²) in [5.41, 5.74) is 0.940. The van der Waals surface area contributed by atoms with Gasteiger partial charge in [-0.1, -0.05) is 0 Å². The van der Waals surface area contributed by atoms with Gasteiger partial charge in [-0.15, -0.1) is 0 Å². The lowest BCUT2D eigenvalue weighted by Crippen LogP contribution is -2.56. The first kappa shape index (κ1) is 18.9. The molecule has 2 aromatic rings. The van der Waals surface area contributed by atoms with E-state index in [9.17, 15) is 16.8 Å². The van der Waals surface area contributed by atoms with Crippen LogP contribution in [0.3, 0.4) is 0 Å². The van der Waals surface area contributed by atoms with Gasteiger partial charge in [-0.25, -0.2) is 16.8 Å². The van der Waals surface area contributed by atoms with Crippen molar-refractivity contribution < 1.29 is 21.6 Å². The van der Waals surface area contributed by atoms with E-state index in [4.69, 9.17) is 4.74 Å². The van der Waals surface area contributed by atoms with Crippen LogP contribution in [0.25, 0.3) is 0 Å². The Bertz CT molecular complexity index is 1030.